The maximum Gasteiger partial charge on any atom is 0.227 e. The second-order valence-corrected chi connectivity index (χ2v) is 4.16. The predicted octanol–water partition coefficient (Wildman–Crippen LogP) is 1.37. The van der Waals surface area contributed by atoms with Gasteiger partial charge in [0.15, 0.2) is 4.34 Å². The van der Waals surface area contributed by atoms with Crippen molar-refractivity contribution < 1.29 is 4.79 Å². The Hall–Kier alpha value is -0.260. The minimum atomic E-state index is -0.346. The summed E-state index contributed by atoms with van der Waals surface area (Å²) in [6.07, 6.45) is 0. The summed E-state index contributed by atoms with van der Waals surface area (Å²) >= 11 is 8.25. The zero-order valence-electron chi connectivity index (χ0n) is 5.41. The third-order valence-corrected chi connectivity index (χ3v) is 3.16. The van der Waals surface area contributed by atoms with Gasteiger partial charge in [0, 0.05) is 5.38 Å². The average Bonchev–Trinajstić information content (AvgIpc) is 2.31. The van der Waals surface area contributed by atoms with E-state index in [1.54, 1.807) is 5.38 Å². The molecule has 0 aliphatic carbocycles. The van der Waals surface area contributed by atoms with Gasteiger partial charge in [0.25, 0.3) is 0 Å². The minimum absolute atomic E-state index is 0.254. The highest BCUT2D eigenvalue weighted by Gasteiger charge is 2.01. The normalized spacial score (nSPS) is 9.91. The van der Waals surface area contributed by atoms with Crippen LogP contribution in [0, 0.1) is 0 Å². The maximum atomic E-state index is 10.3. The summed E-state index contributed by atoms with van der Waals surface area (Å²) < 4.78 is 0.772. The van der Waals surface area contributed by atoms with Crippen LogP contribution >= 0.6 is 34.7 Å². The highest BCUT2D eigenvalue weighted by Crippen LogP contribution is 2.24. The standard InChI is InChI=1S/C5H5ClN2OS2/c6-3-1-10-5(8-3)11-2-4(7)9/h1H,2H2,(H2,7,9). The van der Waals surface area contributed by atoms with E-state index >= 15 is 0 Å². The molecule has 1 amide bonds. The van der Waals surface area contributed by atoms with Crippen LogP contribution in [-0.2, 0) is 4.79 Å². The van der Waals surface area contributed by atoms with Gasteiger partial charge in [-0.2, -0.15) is 0 Å². The van der Waals surface area contributed by atoms with Crippen molar-refractivity contribution in [2.75, 3.05) is 5.75 Å². The fourth-order valence-corrected chi connectivity index (χ4v) is 2.18. The number of primary amides is 1. The van der Waals surface area contributed by atoms with Crippen molar-refractivity contribution in [3.05, 3.63) is 10.5 Å². The Bertz CT molecular complexity index is 263. The molecule has 0 aromatic carbocycles. The number of halogens is 1. The second kappa shape index (κ2) is 3.94. The minimum Gasteiger partial charge on any atom is -0.369 e. The molecule has 1 aromatic rings. The number of thioether (sulfide) groups is 1. The molecular weight excluding hydrogens is 204 g/mol. The smallest absolute Gasteiger partial charge is 0.227 e. The number of aromatic nitrogens is 1. The summed E-state index contributed by atoms with van der Waals surface area (Å²) in [7, 11) is 0. The monoisotopic (exact) mass is 208 g/mol. The van der Waals surface area contributed by atoms with Crippen molar-refractivity contribution >= 4 is 40.6 Å². The van der Waals surface area contributed by atoms with Crippen LogP contribution in [0.25, 0.3) is 0 Å². The number of carbonyl (C=O) groups is 1. The molecule has 1 rings (SSSR count). The Labute approximate surface area is 76.9 Å². The Morgan fingerprint density at radius 2 is 2.64 bits per heavy atom. The molecule has 2 N–H and O–H groups in total. The molecule has 0 aliphatic heterocycles. The van der Waals surface area contributed by atoms with Crippen molar-refractivity contribution in [3.63, 3.8) is 0 Å². The van der Waals surface area contributed by atoms with Crippen LogP contribution in [0.2, 0.25) is 5.15 Å². The van der Waals surface area contributed by atoms with Gasteiger partial charge in [0.2, 0.25) is 5.91 Å². The predicted molar refractivity (Wildman–Crippen MR) is 47.0 cm³/mol. The van der Waals surface area contributed by atoms with Gasteiger partial charge in [-0.05, 0) is 0 Å². The van der Waals surface area contributed by atoms with E-state index in [1.165, 1.54) is 23.1 Å². The molecule has 0 saturated heterocycles. The molecular formula is C5H5ClN2OS2. The third kappa shape index (κ3) is 3.09. The van der Waals surface area contributed by atoms with Crippen molar-refractivity contribution in [3.8, 4) is 0 Å². The molecule has 1 heterocycles. The van der Waals surface area contributed by atoms with E-state index in [0.717, 1.165) is 4.34 Å². The first kappa shape index (κ1) is 8.83. The Morgan fingerprint density at radius 3 is 3.09 bits per heavy atom. The zero-order valence-corrected chi connectivity index (χ0v) is 7.80. The van der Waals surface area contributed by atoms with Crippen molar-refractivity contribution in [1.29, 1.82) is 0 Å². The van der Waals surface area contributed by atoms with E-state index in [1.807, 2.05) is 0 Å². The third-order valence-electron chi connectivity index (χ3n) is 0.793. The molecule has 0 radical (unpaired) electrons. The first-order valence-corrected chi connectivity index (χ1v) is 4.95. The molecule has 0 bridgehead atoms. The molecule has 0 atom stereocenters. The summed E-state index contributed by atoms with van der Waals surface area (Å²) in [5, 5.41) is 2.17. The summed E-state index contributed by atoms with van der Waals surface area (Å²) in [4.78, 5) is 14.2. The number of nitrogens with zero attached hydrogens (tertiary/aromatic N) is 1. The second-order valence-electron chi connectivity index (χ2n) is 1.69. The van der Waals surface area contributed by atoms with Crippen LogP contribution in [-0.4, -0.2) is 16.6 Å². The summed E-state index contributed by atoms with van der Waals surface area (Å²) in [6.45, 7) is 0. The highest BCUT2D eigenvalue weighted by molar-refractivity contribution is 8.01. The van der Waals surface area contributed by atoms with Gasteiger partial charge in [-0.25, -0.2) is 4.98 Å². The molecule has 0 unspecified atom stereocenters. The van der Waals surface area contributed by atoms with Gasteiger partial charge in [-0.15, -0.1) is 11.3 Å². The Morgan fingerprint density at radius 1 is 1.91 bits per heavy atom. The lowest BCUT2D eigenvalue weighted by Crippen LogP contribution is -2.12. The number of nitrogens with two attached hydrogens (primary N) is 1. The van der Waals surface area contributed by atoms with E-state index in [4.69, 9.17) is 17.3 Å². The van der Waals surface area contributed by atoms with Gasteiger partial charge in [-0.1, -0.05) is 23.4 Å². The highest BCUT2D eigenvalue weighted by atomic mass is 35.5. The van der Waals surface area contributed by atoms with E-state index in [9.17, 15) is 4.79 Å². The van der Waals surface area contributed by atoms with Gasteiger partial charge >= 0.3 is 0 Å². The molecule has 1 aromatic heterocycles. The van der Waals surface area contributed by atoms with Crippen LogP contribution < -0.4 is 5.73 Å². The van der Waals surface area contributed by atoms with Crippen molar-refractivity contribution in [2.45, 2.75) is 4.34 Å². The van der Waals surface area contributed by atoms with Gasteiger partial charge in [0.05, 0.1) is 5.75 Å². The molecule has 0 aliphatic rings. The van der Waals surface area contributed by atoms with E-state index < -0.39 is 0 Å². The Kier molecular flexibility index (Phi) is 3.16. The topological polar surface area (TPSA) is 56.0 Å². The fraction of sp³-hybridized carbons (Fsp3) is 0.200. The number of thiazole rings is 1. The summed E-state index contributed by atoms with van der Waals surface area (Å²) in [5.74, 6) is -0.0922. The maximum absolute atomic E-state index is 10.3. The largest absolute Gasteiger partial charge is 0.369 e. The van der Waals surface area contributed by atoms with Gasteiger partial charge in [-0.3, -0.25) is 4.79 Å². The van der Waals surface area contributed by atoms with Gasteiger partial charge in [0.1, 0.15) is 5.15 Å². The SMILES string of the molecule is NC(=O)CSc1nc(Cl)cs1. The number of hydrogen-bond donors (Lipinski definition) is 1. The van der Waals surface area contributed by atoms with Crippen LogP contribution in [0.1, 0.15) is 0 Å². The molecule has 0 spiro atoms. The zero-order chi connectivity index (χ0) is 8.27. The molecule has 0 fully saturated rings. The quantitative estimate of drug-likeness (QED) is 0.764. The lowest BCUT2D eigenvalue weighted by atomic mass is 10.8. The number of hydrogen-bond acceptors (Lipinski definition) is 4. The van der Waals surface area contributed by atoms with Crippen LogP contribution in [0.15, 0.2) is 9.72 Å². The average molecular weight is 209 g/mol. The van der Waals surface area contributed by atoms with E-state index in [2.05, 4.69) is 4.98 Å². The summed E-state index contributed by atoms with van der Waals surface area (Å²) in [6, 6.07) is 0. The molecule has 6 heteroatoms. The Balaban J connectivity index is 2.45. The van der Waals surface area contributed by atoms with Crippen molar-refractivity contribution in [2.24, 2.45) is 5.73 Å². The number of amides is 1. The summed E-state index contributed by atoms with van der Waals surface area (Å²) in [5.41, 5.74) is 4.93. The van der Waals surface area contributed by atoms with E-state index in [-0.39, 0.29) is 11.7 Å². The van der Waals surface area contributed by atoms with Gasteiger partial charge < -0.3 is 5.73 Å². The molecule has 60 valence electrons. The fourth-order valence-electron chi connectivity index (χ4n) is 0.438. The first-order chi connectivity index (χ1) is 5.18. The van der Waals surface area contributed by atoms with Crippen LogP contribution in [0.3, 0.4) is 0 Å². The van der Waals surface area contributed by atoms with Crippen LogP contribution in [0.4, 0.5) is 0 Å². The molecule has 0 saturated carbocycles. The number of rotatable bonds is 3. The molecule has 11 heavy (non-hydrogen) atoms. The molecule has 3 nitrogen and oxygen atoms in total. The first-order valence-electron chi connectivity index (χ1n) is 2.70. The van der Waals surface area contributed by atoms with E-state index in [0.29, 0.717) is 5.15 Å². The number of carbonyl (C=O) groups excluding carboxylic acids is 1. The van der Waals surface area contributed by atoms with Crippen LogP contribution in [0.5, 0.6) is 0 Å². The van der Waals surface area contributed by atoms with Crippen molar-refractivity contribution in [1.82, 2.24) is 4.98 Å². The lowest BCUT2D eigenvalue weighted by molar-refractivity contribution is -0.115. The lowest BCUT2D eigenvalue weighted by Gasteiger charge is -1.89.